The molecule has 2 aromatic heterocycles. The Bertz CT molecular complexity index is 735. The van der Waals surface area contributed by atoms with Crippen LogP contribution in [-0.2, 0) is 19.4 Å². The molecule has 27 heavy (non-hydrogen) atoms. The fraction of sp³-hybridized carbons (Fsp3) is 0.632. The molecular weight excluding hydrogens is 455 g/mol. The van der Waals surface area contributed by atoms with Gasteiger partial charge < -0.3 is 15.1 Å². The molecule has 2 N–H and O–H groups in total. The Morgan fingerprint density at radius 2 is 2.07 bits per heavy atom. The summed E-state index contributed by atoms with van der Waals surface area (Å²) in [5, 5.41) is 11.8. The van der Waals surface area contributed by atoms with Gasteiger partial charge in [0.25, 0.3) is 0 Å². The van der Waals surface area contributed by atoms with Crippen LogP contribution in [0.5, 0.6) is 0 Å². The lowest BCUT2D eigenvalue weighted by molar-refractivity contribution is 0.390. The summed E-state index contributed by atoms with van der Waals surface area (Å²) in [7, 11) is 0. The van der Waals surface area contributed by atoms with E-state index in [9.17, 15) is 0 Å². The number of guanidine groups is 1. The molecule has 0 bridgehead atoms. The zero-order valence-electron chi connectivity index (χ0n) is 15.9. The van der Waals surface area contributed by atoms with E-state index in [1.165, 1.54) is 25.7 Å². The predicted octanol–water partition coefficient (Wildman–Crippen LogP) is 2.83. The van der Waals surface area contributed by atoms with Crippen molar-refractivity contribution in [2.75, 3.05) is 6.54 Å². The lowest BCUT2D eigenvalue weighted by Gasteiger charge is -2.27. The van der Waals surface area contributed by atoms with E-state index in [1.54, 1.807) is 6.26 Å². The number of nitrogens with one attached hydrogen (secondary N) is 2. The second kappa shape index (κ2) is 9.57. The summed E-state index contributed by atoms with van der Waals surface area (Å²) in [5.41, 5.74) is 0. The van der Waals surface area contributed by atoms with Crippen LogP contribution in [0.2, 0.25) is 0 Å². The Hall–Kier alpha value is -1.58. The first-order valence-corrected chi connectivity index (χ1v) is 9.76. The van der Waals surface area contributed by atoms with Gasteiger partial charge in [-0.1, -0.05) is 12.8 Å². The van der Waals surface area contributed by atoms with Crippen LogP contribution in [0.15, 0.2) is 27.8 Å². The van der Waals surface area contributed by atoms with Gasteiger partial charge in [0, 0.05) is 31.5 Å². The Morgan fingerprint density at radius 1 is 1.26 bits per heavy atom. The Labute approximate surface area is 177 Å². The van der Waals surface area contributed by atoms with Crippen LogP contribution in [0, 0.1) is 6.92 Å². The highest BCUT2D eigenvalue weighted by molar-refractivity contribution is 14.0. The third kappa shape index (κ3) is 5.46. The van der Waals surface area contributed by atoms with Crippen molar-refractivity contribution in [3.05, 3.63) is 35.8 Å². The van der Waals surface area contributed by atoms with Gasteiger partial charge in [0.2, 0.25) is 0 Å². The molecular formula is C19H29IN6O. The van der Waals surface area contributed by atoms with Gasteiger partial charge in [-0.15, -0.1) is 24.0 Å². The van der Waals surface area contributed by atoms with Gasteiger partial charge in [-0.25, -0.2) is 9.67 Å². The maximum atomic E-state index is 5.41. The number of fused-ring (bicyclic) bond motifs is 1. The lowest BCUT2D eigenvalue weighted by Crippen LogP contribution is -2.49. The maximum absolute atomic E-state index is 5.41. The number of hydrogen-bond donors (Lipinski definition) is 2. The fourth-order valence-electron chi connectivity index (χ4n) is 3.87. The highest BCUT2D eigenvalue weighted by Gasteiger charge is 2.23. The molecule has 3 heterocycles. The fourth-order valence-corrected chi connectivity index (χ4v) is 3.87. The summed E-state index contributed by atoms with van der Waals surface area (Å²) >= 11 is 0. The first kappa shape index (κ1) is 20.2. The quantitative estimate of drug-likeness (QED) is 0.388. The molecule has 0 spiro atoms. The first-order valence-electron chi connectivity index (χ1n) is 9.76. The lowest BCUT2D eigenvalue weighted by atomic mass is 10.1. The Balaban J connectivity index is 0.00000210. The molecule has 1 saturated carbocycles. The van der Waals surface area contributed by atoms with Crippen molar-refractivity contribution in [1.82, 2.24) is 25.4 Å². The zero-order valence-corrected chi connectivity index (χ0v) is 18.2. The van der Waals surface area contributed by atoms with E-state index in [-0.39, 0.29) is 24.0 Å². The highest BCUT2D eigenvalue weighted by Crippen LogP contribution is 2.18. The van der Waals surface area contributed by atoms with E-state index in [1.807, 2.05) is 23.7 Å². The van der Waals surface area contributed by atoms with Gasteiger partial charge in [0.15, 0.2) is 5.96 Å². The zero-order chi connectivity index (χ0) is 17.8. The molecule has 2 aliphatic rings. The van der Waals surface area contributed by atoms with Crippen molar-refractivity contribution in [2.24, 2.45) is 4.99 Å². The van der Waals surface area contributed by atoms with Crippen molar-refractivity contribution in [2.45, 2.75) is 70.5 Å². The van der Waals surface area contributed by atoms with Gasteiger partial charge in [0.1, 0.15) is 17.4 Å². The average Bonchev–Trinajstić information content (AvgIpc) is 3.35. The normalized spacial score (nSPS) is 20.2. The topological polar surface area (TPSA) is 80.3 Å². The number of furan rings is 1. The predicted molar refractivity (Wildman–Crippen MR) is 116 cm³/mol. The number of nitrogens with zero attached hydrogens (tertiary/aromatic N) is 4. The van der Waals surface area contributed by atoms with Crippen LogP contribution in [0.4, 0.5) is 0 Å². The van der Waals surface area contributed by atoms with Crippen LogP contribution in [0.1, 0.15) is 49.5 Å². The SMILES string of the molecule is Cc1nc2n(n1)CC(NC(=NCCc1ccco1)NC1CCCC1)CC2.I. The second-order valence-corrected chi connectivity index (χ2v) is 7.32. The number of aromatic nitrogens is 3. The molecule has 1 aliphatic heterocycles. The molecule has 7 nitrogen and oxygen atoms in total. The minimum absolute atomic E-state index is 0. The standard InChI is InChI=1S/C19H28N6O.HI/c1-14-21-18-9-8-16(13-25(18)24-14)23-19(22-15-5-2-3-6-15)20-11-10-17-7-4-12-26-17;/h4,7,12,15-16H,2-3,5-6,8-11,13H2,1H3,(H2,20,22,23);1H. The first-order chi connectivity index (χ1) is 12.8. The van der Waals surface area contributed by atoms with Crippen LogP contribution < -0.4 is 10.6 Å². The molecule has 0 amide bonds. The smallest absolute Gasteiger partial charge is 0.191 e. The Kier molecular flexibility index (Phi) is 7.14. The van der Waals surface area contributed by atoms with Crippen LogP contribution in [0.25, 0.3) is 0 Å². The van der Waals surface area contributed by atoms with Crippen LogP contribution in [0.3, 0.4) is 0 Å². The molecule has 8 heteroatoms. The number of hydrogen-bond acceptors (Lipinski definition) is 4. The molecule has 1 aliphatic carbocycles. The number of rotatable bonds is 5. The highest BCUT2D eigenvalue weighted by atomic mass is 127. The molecule has 2 aromatic rings. The number of halogens is 1. The summed E-state index contributed by atoms with van der Waals surface area (Å²) in [6, 6.07) is 4.80. The van der Waals surface area contributed by atoms with E-state index >= 15 is 0 Å². The summed E-state index contributed by atoms with van der Waals surface area (Å²) in [4.78, 5) is 9.30. The van der Waals surface area contributed by atoms with Crippen molar-refractivity contribution in [3.8, 4) is 0 Å². The minimum atomic E-state index is 0. The van der Waals surface area contributed by atoms with E-state index in [4.69, 9.17) is 9.41 Å². The summed E-state index contributed by atoms with van der Waals surface area (Å²) in [6.07, 6.45) is 9.64. The van der Waals surface area contributed by atoms with Crippen LogP contribution >= 0.6 is 24.0 Å². The molecule has 1 unspecified atom stereocenters. The number of aliphatic imine (C=N–C) groups is 1. The van der Waals surface area contributed by atoms with E-state index in [2.05, 4.69) is 20.7 Å². The van der Waals surface area contributed by atoms with Crippen molar-refractivity contribution >= 4 is 29.9 Å². The average molecular weight is 484 g/mol. The van der Waals surface area contributed by atoms with Gasteiger partial charge in [-0.3, -0.25) is 4.99 Å². The second-order valence-electron chi connectivity index (χ2n) is 7.32. The Morgan fingerprint density at radius 3 is 2.85 bits per heavy atom. The third-order valence-corrected chi connectivity index (χ3v) is 5.21. The third-order valence-electron chi connectivity index (χ3n) is 5.21. The molecule has 148 valence electrons. The van der Waals surface area contributed by atoms with Gasteiger partial charge >= 0.3 is 0 Å². The minimum Gasteiger partial charge on any atom is -0.469 e. The molecule has 1 fully saturated rings. The number of aryl methyl sites for hydroxylation is 2. The van der Waals surface area contributed by atoms with Gasteiger partial charge in [0.05, 0.1) is 12.8 Å². The largest absolute Gasteiger partial charge is 0.469 e. The van der Waals surface area contributed by atoms with E-state index < -0.39 is 0 Å². The molecule has 0 radical (unpaired) electrons. The van der Waals surface area contributed by atoms with E-state index in [0.29, 0.717) is 12.1 Å². The van der Waals surface area contributed by atoms with Crippen molar-refractivity contribution < 1.29 is 4.42 Å². The monoisotopic (exact) mass is 484 g/mol. The van der Waals surface area contributed by atoms with E-state index in [0.717, 1.165) is 55.7 Å². The molecule has 4 rings (SSSR count). The molecule has 0 aromatic carbocycles. The maximum Gasteiger partial charge on any atom is 0.191 e. The summed E-state index contributed by atoms with van der Waals surface area (Å²) in [6.45, 7) is 3.52. The summed E-state index contributed by atoms with van der Waals surface area (Å²) < 4.78 is 7.45. The van der Waals surface area contributed by atoms with Crippen molar-refractivity contribution in [1.29, 1.82) is 0 Å². The van der Waals surface area contributed by atoms with Crippen molar-refractivity contribution in [3.63, 3.8) is 0 Å². The van der Waals surface area contributed by atoms with Crippen LogP contribution in [-0.4, -0.2) is 39.4 Å². The molecule has 1 atom stereocenters. The molecule has 0 saturated heterocycles. The van der Waals surface area contributed by atoms with Gasteiger partial charge in [-0.2, -0.15) is 5.10 Å². The van der Waals surface area contributed by atoms with Gasteiger partial charge in [-0.05, 0) is 38.3 Å². The summed E-state index contributed by atoms with van der Waals surface area (Å²) in [5.74, 6) is 3.86.